The molecule has 4 rings (SSSR count). The van der Waals surface area contributed by atoms with E-state index in [9.17, 15) is 18.8 Å². The van der Waals surface area contributed by atoms with Gasteiger partial charge in [0.2, 0.25) is 0 Å². The molecule has 0 saturated carbocycles. The molecule has 13 heteroatoms. The van der Waals surface area contributed by atoms with Crippen LogP contribution in [0.3, 0.4) is 0 Å². The molecular weight excluding hydrogens is 461 g/mol. The lowest BCUT2D eigenvalue weighted by Crippen LogP contribution is -2.43. The van der Waals surface area contributed by atoms with Crippen LogP contribution in [0.15, 0.2) is 41.6 Å². The summed E-state index contributed by atoms with van der Waals surface area (Å²) in [5.41, 5.74) is 6.56. The van der Waals surface area contributed by atoms with Crippen LogP contribution in [-0.4, -0.2) is 80.4 Å². The predicted molar refractivity (Wildman–Crippen MR) is 124 cm³/mol. The van der Waals surface area contributed by atoms with Crippen LogP contribution in [0.5, 0.6) is 0 Å². The molecule has 0 radical (unpaired) electrons. The number of nitrogens with one attached hydrogen (secondary N) is 1. The third-order valence-electron chi connectivity index (χ3n) is 5.50. The Morgan fingerprint density at radius 3 is 2.74 bits per heavy atom. The molecule has 0 aliphatic carbocycles. The summed E-state index contributed by atoms with van der Waals surface area (Å²) in [7, 11) is 1.23. The molecule has 1 atom stereocenters. The number of ether oxygens (including phenoxy) is 2. The van der Waals surface area contributed by atoms with E-state index >= 15 is 0 Å². The van der Waals surface area contributed by atoms with Gasteiger partial charge in [-0.1, -0.05) is 0 Å². The molecule has 0 bridgehead atoms. The van der Waals surface area contributed by atoms with Gasteiger partial charge in [-0.2, -0.15) is 5.10 Å². The number of rotatable bonds is 6. The highest BCUT2D eigenvalue weighted by Crippen LogP contribution is 2.29. The van der Waals surface area contributed by atoms with Gasteiger partial charge in [0.15, 0.2) is 0 Å². The zero-order chi connectivity index (χ0) is 24.9. The van der Waals surface area contributed by atoms with Gasteiger partial charge >= 0.3 is 12.2 Å². The smallest absolute Gasteiger partial charge is 0.414 e. The quantitative estimate of drug-likeness (QED) is 0.620. The van der Waals surface area contributed by atoms with Crippen LogP contribution < -0.4 is 20.9 Å². The highest BCUT2D eigenvalue weighted by molar-refractivity contribution is 5.90. The van der Waals surface area contributed by atoms with E-state index in [0.29, 0.717) is 35.7 Å². The Hall–Kier alpha value is -4.26. The Labute approximate surface area is 200 Å². The summed E-state index contributed by atoms with van der Waals surface area (Å²) < 4.78 is 24.7. The fraction of sp³-hybridized carbons (Fsp3) is 0.318. The molecule has 2 aliphatic rings. The molecule has 1 saturated heterocycles. The van der Waals surface area contributed by atoms with Gasteiger partial charge in [-0.3, -0.25) is 9.69 Å². The summed E-state index contributed by atoms with van der Waals surface area (Å²) in [4.78, 5) is 42.5. The van der Waals surface area contributed by atoms with Crippen LogP contribution in [0.4, 0.5) is 25.5 Å². The first-order chi connectivity index (χ1) is 16.9. The standard InChI is InChI=1S/C22H24FN7O5/c1-34-21(32)26-11-16-12-29(22(33)35-16)15-3-4-17(18(23)8-15)14-2-5-19(25-10-14)28-6-7-30(27-13-28)20(31)9-24/h2-5,8,10,13,16H,6-7,9,11-12,24H2,1H3,(H,26,32)/t16-/m0/s1. The fourth-order valence-corrected chi connectivity index (χ4v) is 3.64. The van der Waals surface area contributed by atoms with E-state index in [2.05, 4.69) is 20.1 Å². The second kappa shape index (κ2) is 10.3. The third kappa shape index (κ3) is 5.30. The van der Waals surface area contributed by atoms with Crippen molar-refractivity contribution in [3.63, 3.8) is 0 Å². The van der Waals surface area contributed by atoms with Crippen LogP contribution in [0.1, 0.15) is 0 Å². The summed E-state index contributed by atoms with van der Waals surface area (Å²) >= 11 is 0. The molecule has 3 N–H and O–H groups in total. The van der Waals surface area contributed by atoms with E-state index < -0.39 is 24.1 Å². The van der Waals surface area contributed by atoms with Gasteiger partial charge in [-0.05, 0) is 30.3 Å². The minimum Gasteiger partial charge on any atom is -0.453 e. The first-order valence-electron chi connectivity index (χ1n) is 10.8. The van der Waals surface area contributed by atoms with Crippen molar-refractivity contribution in [3.8, 4) is 11.1 Å². The van der Waals surface area contributed by atoms with Crippen LogP contribution in [0, 0.1) is 5.82 Å². The zero-order valence-electron chi connectivity index (χ0n) is 18.9. The van der Waals surface area contributed by atoms with Crippen molar-refractivity contribution in [1.82, 2.24) is 15.3 Å². The first kappa shape index (κ1) is 23.9. The molecule has 1 fully saturated rings. The molecule has 0 spiro atoms. The van der Waals surface area contributed by atoms with Crippen molar-refractivity contribution in [2.24, 2.45) is 10.8 Å². The Morgan fingerprint density at radius 1 is 1.29 bits per heavy atom. The molecule has 2 aliphatic heterocycles. The number of alkyl carbamates (subject to hydrolysis) is 1. The number of nitrogens with two attached hydrogens (primary N) is 1. The summed E-state index contributed by atoms with van der Waals surface area (Å²) in [5.74, 6) is -0.198. The monoisotopic (exact) mass is 485 g/mol. The zero-order valence-corrected chi connectivity index (χ0v) is 18.9. The number of methoxy groups -OCH3 is 1. The van der Waals surface area contributed by atoms with Gasteiger partial charge in [-0.15, -0.1) is 0 Å². The second-order valence-electron chi connectivity index (χ2n) is 7.70. The van der Waals surface area contributed by atoms with Crippen molar-refractivity contribution in [2.75, 3.05) is 49.6 Å². The normalized spacial score (nSPS) is 17.4. The number of amides is 3. The van der Waals surface area contributed by atoms with Gasteiger partial charge < -0.3 is 25.4 Å². The lowest BCUT2D eigenvalue weighted by atomic mass is 10.1. The lowest BCUT2D eigenvalue weighted by molar-refractivity contribution is -0.129. The van der Waals surface area contributed by atoms with Crippen LogP contribution in [0.2, 0.25) is 0 Å². The summed E-state index contributed by atoms with van der Waals surface area (Å²) in [6.45, 7) is 0.998. The van der Waals surface area contributed by atoms with Gasteiger partial charge in [0.25, 0.3) is 5.91 Å². The van der Waals surface area contributed by atoms with Gasteiger partial charge in [0.1, 0.15) is 24.1 Å². The van der Waals surface area contributed by atoms with Crippen molar-refractivity contribution in [1.29, 1.82) is 0 Å². The largest absolute Gasteiger partial charge is 0.453 e. The number of halogens is 1. The Balaban J connectivity index is 1.42. The number of hydrogen-bond donors (Lipinski definition) is 2. The highest BCUT2D eigenvalue weighted by Gasteiger charge is 2.33. The molecule has 184 valence electrons. The maximum absolute atomic E-state index is 15.0. The third-order valence-corrected chi connectivity index (χ3v) is 5.50. The van der Waals surface area contributed by atoms with Crippen molar-refractivity contribution in [2.45, 2.75) is 6.10 Å². The highest BCUT2D eigenvalue weighted by atomic mass is 19.1. The van der Waals surface area contributed by atoms with E-state index in [-0.39, 0.29) is 25.5 Å². The average Bonchev–Trinajstić information content (AvgIpc) is 3.27. The number of benzene rings is 1. The lowest BCUT2D eigenvalue weighted by Gasteiger charge is -2.27. The van der Waals surface area contributed by atoms with Gasteiger partial charge in [0.05, 0.1) is 39.0 Å². The number of hydrazone groups is 1. The maximum Gasteiger partial charge on any atom is 0.414 e. The Kier molecular flexibility index (Phi) is 7.06. The first-order valence-corrected chi connectivity index (χ1v) is 10.8. The molecule has 1 aromatic heterocycles. The predicted octanol–water partition coefficient (Wildman–Crippen LogP) is 1.12. The minimum absolute atomic E-state index is 0.0799. The van der Waals surface area contributed by atoms with E-state index in [1.165, 1.54) is 35.6 Å². The van der Waals surface area contributed by atoms with Crippen molar-refractivity contribution >= 4 is 35.9 Å². The number of cyclic esters (lactones) is 1. The molecule has 35 heavy (non-hydrogen) atoms. The molecule has 0 unspecified atom stereocenters. The van der Waals surface area contributed by atoms with Crippen molar-refractivity contribution in [3.05, 3.63) is 42.3 Å². The number of nitrogens with zero attached hydrogens (tertiary/aromatic N) is 5. The summed E-state index contributed by atoms with van der Waals surface area (Å²) in [6, 6.07) is 7.88. The molecule has 12 nitrogen and oxygen atoms in total. The molecule has 3 heterocycles. The van der Waals surface area contributed by atoms with E-state index in [1.54, 1.807) is 29.2 Å². The number of carbonyl (C=O) groups is 3. The van der Waals surface area contributed by atoms with Crippen molar-refractivity contribution < 1.29 is 28.2 Å². The number of pyridine rings is 1. The van der Waals surface area contributed by atoms with Crippen LogP contribution >= 0.6 is 0 Å². The average molecular weight is 485 g/mol. The Morgan fingerprint density at radius 2 is 2.11 bits per heavy atom. The summed E-state index contributed by atoms with van der Waals surface area (Å²) in [6.07, 6.45) is 1.19. The Bertz CT molecular complexity index is 1140. The van der Waals surface area contributed by atoms with Gasteiger partial charge in [0, 0.05) is 23.9 Å². The topological polar surface area (TPSA) is 143 Å². The van der Waals surface area contributed by atoms with E-state index in [4.69, 9.17) is 10.5 Å². The summed E-state index contributed by atoms with van der Waals surface area (Å²) in [5, 5.41) is 7.84. The number of hydrogen-bond acceptors (Lipinski definition) is 9. The van der Waals surface area contributed by atoms with Crippen LogP contribution in [-0.2, 0) is 14.3 Å². The number of aromatic nitrogens is 1. The number of carbonyl (C=O) groups excluding carboxylic acids is 3. The minimum atomic E-state index is -0.634. The van der Waals surface area contributed by atoms with E-state index in [0.717, 1.165) is 0 Å². The SMILES string of the molecule is COC(=O)NC[C@H]1CN(c2ccc(-c3ccc(N4C=NN(C(=O)CN)CC4)nc3)c(F)c2)C(=O)O1. The second-order valence-corrected chi connectivity index (χ2v) is 7.70. The number of anilines is 2. The molecule has 2 aromatic rings. The molecule has 3 amide bonds. The molecular formula is C22H24FN7O5. The van der Waals surface area contributed by atoms with Crippen LogP contribution in [0.25, 0.3) is 11.1 Å². The van der Waals surface area contributed by atoms with E-state index in [1.807, 2.05) is 0 Å². The maximum atomic E-state index is 15.0. The fourth-order valence-electron chi connectivity index (χ4n) is 3.64. The van der Waals surface area contributed by atoms with Gasteiger partial charge in [-0.25, -0.2) is 24.0 Å². The molecule has 1 aromatic carbocycles.